The largest absolute Gasteiger partial charge is 0.481 e. The van der Waals surface area contributed by atoms with Gasteiger partial charge < -0.3 is 10.4 Å². The minimum absolute atomic E-state index is 0.0181. The van der Waals surface area contributed by atoms with E-state index in [1.165, 1.54) is 0 Å². The van der Waals surface area contributed by atoms with Crippen LogP contribution in [0.4, 0.5) is 15.8 Å². The minimum Gasteiger partial charge on any atom is -0.481 e. The molecule has 1 aromatic carbocycles. The fraction of sp³-hybridized carbons (Fsp3) is 0.364. The summed E-state index contributed by atoms with van der Waals surface area (Å²) in [5.74, 6) is -1.76. The Hall–Kier alpha value is -1.89. The molecule has 102 valence electrons. The quantitative estimate of drug-likeness (QED) is 0.642. The third-order valence-electron chi connectivity index (χ3n) is 3.16. The van der Waals surface area contributed by atoms with Crippen molar-refractivity contribution in [2.24, 2.45) is 5.41 Å². The fourth-order valence-electron chi connectivity index (χ4n) is 1.71. The van der Waals surface area contributed by atoms with Gasteiger partial charge in [-0.15, -0.1) is 0 Å². The molecule has 0 unspecified atom stereocenters. The Bertz CT molecular complexity index is 560. The molecule has 1 saturated carbocycles. The van der Waals surface area contributed by atoms with Crippen LogP contribution in [0.25, 0.3) is 0 Å². The van der Waals surface area contributed by atoms with Gasteiger partial charge in [0.25, 0.3) is 5.69 Å². The predicted octanol–water partition coefficient (Wildman–Crippen LogP) is 2.66. The summed E-state index contributed by atoms with van der Waals surface area (Å²) in [5.41, 5.74) is -1.35. The summed E-state index contributed by atoms with van der Waals surface area (Å²) < 4.78 is 13.3. The smallest absolute Gasteiger partial charge is 0.311 e. The van der Waals surface area contributed by atoms with Gasteiger partial charge in [0.2, 0.25) is 0 Å². The van der Waals surface area contributed by atoms with Crippen molar-refractivity contribution in [1.82, 2.24) is 0 Å². The minimum atomic E-state index is -0.961. The summed E-state index contributed by atoms with van der Waals surface area (Å²) in [6.07, 6.45) is 0.998. The zero-order valence-electron chi connectivity index (χ0n) is 9.65. The van der Waals surface area contributed by atoms with Crippen LogP contribution in [-0.2, 0) is 4.79 Å². The van der Waals surface area contributed by atoms with Gasteiger partial charge in [0, 0.05) is 18.7 Å². The highest BCUT2D eigenvalue weighted by Gasteiger charge is 2.50. The molecule has 0 atom stereocenters. The van der Waals surface area contributed by atoms with E-state index in [2.05, 4.69) is 5.32 Å². The summed E-state index contributed by atoms with van der Waals surface area (Å²) in [6, 6.07) is 1.80. The van der Waals surface area contributed by atoms with Crippen molar-refractivity contribution in [3.8, 4) is 0 Å². The van der Waals surface area contributed by atoms with Crippen LogP contribution in [0.15, 0.2) is 12.1 Å². The van der Waals surface area contributed by atoms with Gasteiger partial charge in [-0.25, -0.2) is 4.39 Å². The van der Waals surface area contributed by atoms with Gasteiger partial charge in [0.15, 0.2) is 0 Å². The van der Waals surface area contributed by atoms with Crippen LogP contribution >= 0.6 is 11.6 Å². The number of carboxylic acids is 1. The molecule has 0 radical (unpaired) electrons. The Morgan fingerprint density at radius 1 is 1.58 bits per heavy atom. The van der Waals surface area contributed by atoms with Crippen LogP contribution in [0.1, 0.15) is 12.8 Å². The first-order valence-corrected chi connectivity index (χ1v) is 5.84. The van der Waals surface area contributed by atoms with Crippen molar-refractivity contribution in [3.05, 3.63) is 33.1 Å². The number of benzene rings is 1. The molecule has 8 heteroatoms. The Morgan fingerprint density at radius 2 is 2.21 bits per heavy atom. The molecule has 0 spiro atoms. The Labute approximate surface area is 112 Å². The molecule has 0 heterocycles. The number of nitrogens with one attached hydrogen (secondary N) is 1. The summed E-state index contributed by atoms with van der Waals surface area (Å²) in [5, 5.41) is 22.1. The second-order valence-corrected chi connectivity index (χ2v) is 4.89. The monoisotopic (exact) mass is 288 g/mol. The Kier molecular flexibility index (Phi) is 3.32. The maximum Gasteiger partial charge on any atom is 0.311 e. The van der Waals surface area contributed by atoms with Crippen LogP contribution in [-0.4, -0.2) is 22.5 Å². The number of hydrogen-bond acceptors (Lipinski definition) is 4. The average molecular weight is 289 g/mol. The lowest BCUT2D eigenvalue weighted by molar-refractivity contribution is -0.384. The van der Waals surface area contributed by atoms with E-state index in [0.717, 1.165) is 12.1 Å². The van der Waals surface area contributed by atoms with Crippen LogP contribution in [0.3, 0.4) is 0 Å². The highest BCUT2D eigenvalue weighted by Crippen LogP contribution is 2.46. The molecule has 1 aliphatic rings. The van der Waals surface area contributed by atoms with E-state index in [0.29, 0.717) is 12.8 Å². The van der Waals surface area contributed by atoms with Gasteiger partial charge in [-0.2, -0.15) is 0 Å². The van der Waals surface area contributed by atoms with E-state index in [1.807, 2.05) is 0 Å². The van der Waals surface area contributed by atoms with Crippen LogP contribution in [0.2, 0.25) is 5.02 Å². The number of nitro benzene ring substituents is 1. The first-order chi connectivity index (χ1) is 8.85. The molecule has 0 aliphatic heterocycles. The normalized spacial score (nSPS) is 15.9. The molecule has 0 saturated heterocycles. The molecule has 2 N–H and O–H groups in total. The maximum atomic E-state index is 13.3. The molecule has 0 amide bonds. The summed E-state index contributed by atoms with van der Waals surface area (Å²) in [4.78, 5) is 21.1. The van der Waals surface area contributed by atoms with E-state index < -0.39 is 22.1 Å². The number of hydrogen-bond donors (Lipinski definition) is 2. The molecule has 19 heavy (non-hydrogen) atoms. The van der Waals surface area contributed by atoms with E-state index in [1.54, 1.807) is 0 Å². The standard InChI is InChI=1S/C11H10ClFN2O4/c12-6-3-9(15(18)19)8(4-7(6)13)14-5-11(1-2-11)10(16)17/h3-4,14H,1-2,5H2,(H,16,17). The van der Waals surface area contributed by atoms with Gasteiger partial charge in [-0.1, -0.05) is 11.6 Å². The molecular weight excluding hydrogens is 279 g/mol. The molecule has 1 fully saturated rings. The number of anilines is 1. The van der Waals surface area contributed by atoms with E-state index in [9.17, 15) is 19.3 Å². The second-order valence-electron chi connectivity index (χ2n) is 4.48. The van der Waals surface area contributed by atoms with Gasteiger partial charge in [-0.3, -0.25) is 14.9 Å². The lowest BCUT2D eigenvalue weighted by atomic mass is 10.1. The SMILES string of the molecule is O=C(O)C1(CNc2cc(F)c(Cl)cc2[N+](=O)[O-])CC1. The molecule has 1 aromatic rings. The third-order valence-corrected chi connectivity index (χ3v) is 3.45. The molecule has 6 nitrogen and oxygen atoms in total. The summed E-state index contributed by atoms with van der Waals surface area (Å²) in [6.45, 7) is 0.0181. The Balaban J connectivity index is 2.22. The van der Waals surface area contributed by atoms with Crippen molar-refractivity contribution in [2.45, 2.75) is 12.8 Å². The van der Waals surface area contributed by atoms with Gasteiger partial charge in [0.1, 0.15) is 11.5 Å². The third kappa shape index (κ3) is 2.60. The zero-order valence-corrected chi connectivity index (χ0v) is 10.4. The number of carboxylic acid groups (broad SMARTS) is 1. The Morgan fingerprint density at radius 3 is 2.68 bits per heavy atom. The fourth-order valence-corrected chi connectivity index (χ4v) is 1.87. The lowest BCUT2D eigenvalue weighted by Gasteiger charge is -2.12. The van der Waals surface area contributed by atoms with Crippen LogP contribution in [0.5, 0.6) is 0 Å². The first-order valence-electron chi connectivity index (χ1n) is 5.46. The van der Waals surface area contributed by atoms with E-state index >= 15 is 0 Å². The second kappa shape index (κ2) is 4.65. The van der Waals surface area contributed by atoms with Gasteiger partial charge in [-0.05, 0) is 12.8 Å². The van der Waals surface area contributed by atoms with Crippen LogP contribution < -0.4 is 5.32 Å². The van der Waals surface area contributed by atoms with Crippen molar-refractivity contribution >= 4 is 28.9 Å². The van der Waals surface area contributed by atoms with Crippen molar-refractivity contribution < 1.29 is 19.2 Å². The van der Waals surface area contributed by atoms with Crippen molar-refractivity contribution in [2.75, 3.05) is 11.9 Å². The number of carbonyl (C=O) groups is 1. The highest BCUT2D eigenvalue weighted by atomic mass is 35.5. The summed E-state index contributed by atoms with van der Waals surface area (Å²) in [7, 11) is 0. The van der Waals surface area contributed by atoms with E-state index in [4.69, 9.17) is 16.7 Å². The lowest BCUT2D eigenvalue weighted by Crippen LogP contribution is -2.24. The molecule has 2 rings (SSSR count). The van der Waals surface area contributed by atoms with Crippen LogP contribution in [0, 0.1) is 21.3 Å². The molecule has 0 aromatic heterocycles. The average Bonchev–Trinajstić information content (AvgIpc) is 3.11. The predicted molar refractivity (Wildman–Crippen MR) is 65.9 cm³/mol. The van der Waals surface area contributed by atoms with Crippen molar-refractivity contribution in [3.63, 3.8) is 0 Å². The van der Waals surface area contributed by atoms with Gasteiger partial charge >= 0.3 is 5.97 Å². The molecule has 0 bridgehead atoms. The number of nitrogens with zero attached hydrogens (tertiary/aromatic N) is 1. The van der Waals surface area contributed by atoms with E-state index in [-0.39, 0.29) is 22.9 Å². The molecular formula is C11H10ClFN2O4. The van der Waals surface area contributed by atoms with Gasteiger partial charge in [0.05, 0.1) is 15.4 Å². The molecule has 1 aliphatic carbocycles. The topological polar surface area (TPSA) is 92.5 Å². The number of halogens is 2. The first kappa shape index (κ1) is 13.5. The highest BCUT2D eigenvalue weighted by molar-refractivity contribution is 6.31. The number of rotatable bonds is 5. The number of aliphatic carboxylic acids is 1. The van der Waals surface area contributed by atoms with Crippen molar-refractivity contribution in [1.29, 1.82) is 0 Å². The number of nitro groups is 1. The zero-order chi connectivity index (χ0) is 14.2. The maximum absolute atomic E-state index is 13.3. The summed E-state index contributed by atoms with van der Waals surface area (Å²) >= 11 is 5.48.